The lowest BCUT2D eigenvalue weighted by molar-refractivity contribution is 0.0624. The summed E-state index contributed by atoms with van der Waals surface area (Å²) < 4.78 is 0. The van der Waals surface area contributed by atoms with E-state index in [4.69, 9.17) is 0 Å². The third kappa shape index (κ3) is 1.41. The van der Waals surface area contributed by atoms with Crippen LogP contribution in [0.4, 0.5) is 0 Å². The quantitative estimate of drug-likeness (QED) is 0.745. The zero-order valence-corrected chi connectivity index (χ0v) is 8.10. The van der Waals surface area contributed by atoms with E-state index in [0.29, 0.717) is 5.92 Å². The number of aryl methyl sites for hydroxylation is 1. The number of rotatable bonds is 2. The maximum absolute atomic E-state index is 9.86. The molecule has 0 spiro atoms. The Kier molecular flexibility index (Phi) is 2.20. The Bertz CT molecular complexity index is 263. The molecule has 1 aromatic rings. The van der Waals surface area contributed by atoms with Crippen molar-refractivity contribution in [1.29, 1.82) is 0 Å². The van der Waals surface area contributed by atoms with Gasteiger partial charge in [0.2, 0.25) is 0 Å². The van der Waals surface area contributed by atoms with Gasteiger partial charge in [0.25, 0.3) is 0 Å². The Balaban J connectivity index is 2.08. The van der Waals surface area contributed by atoms with Crippen molar-refractivity contribution in [2.45, 2.75) is 32.3 Å². The normalized spacial score (nSPS) is 20.5. The van der Waals surface area contributed by atoms with Crippen LogP contribution in [0, 0.1) is 12.8 Å². The van der Waals surface area contributed by atoms with E-state index in [2.05, 4.69) is 18.4 Å². The van der Waals surface area contributed by atoms with E-state index >= 15 is 0 Å². The molecule has 1 aromatic heterocycles. The molecule has 1 fully saturated rings. The first-order valence-electron chi connectivity index (χ1n) is 4.50. The van der Waals surface area contributed by atoms with Crippen molar-refractivity contribution in [2.75, 3.05) is 0 Å². The molecule has 1 saturated carbocycles. The molecule has 0 aliphatic heterocycles. The highest BCUT2D eigenvalue weighted by molar-refractivity contribution is 7.10. The Morgan fingerprint density at radius 1 is 1.58 bits per heavy atom. The fraction of sp³-hybridized carbons (Fsp3) is 0.600. The number of aliphatic hydroxyl groups excluding tert-OH is 1. The van der Waals surface area contributed by atoms with Gasteiger partial charge in [-0.15, -0.1) is 11.3 Å². The van der Waals surface area contributed by atoms with Gasteiger partial charge in [0.05, 0.1) is 6.10 Å². The summed E-state index contributed by atoms with van der Waals surface area (Å²) in [6, 6.07) is 2.10. The molecule has 0 aromatic carbocycles. The average molecular weight is 182 g/mol. The summed E-state index contributed by atoms with van der Waals surface area (Å²) in [4.78, 5) is 1.29. The number of hydrogen-bond acceptors (Lipinski definition) is 2. The average Bonchev–Trinajstić information content (AvgIpc) is 2.31. The molecule has 1 N–H and O–H groups in total. The van der Waals surface area contributed by atoms with Crippen LogP contribution in [-0.2, 0) is 0 Å². The third-order valence-corrected chi connectivity index (χ3v) is 3.57. The summed E-state index contributed by atoms with van der Waals surface area (Å²) in [5, 5.41) is 11.9. The van der Waals surface area contributed by atoms with Gasteiger partial charge < -0.3 is 5.11 Å². The van der Waals surface area contributed by atoms with E-state index in [1.54, 1.807) is 11.3 Å². The maximum atomic E-state index is 9.86. The van der Waals surface area contributed by atoms with E-state index < -0.39 is 0 Å². The summed E-state index contributed by atoms with van der Waals surface area (Å²) in [6.07, 6.45) is 3.51. The van der Waals surface area contributed by atoms with Crippen molar-refractivity contribution in [2.24, 2.45) is 5.92 Å². The first-order chi connectivity index (χ1) is 5.77. The van der Waals surface area contributed by atoms with Crippen molar-refractivity contribution in [3.8, 4) is 0 Å². The van der Waals surface area contributed by atoms with Crippen LogP contribution in [0.5, 0.6) is 0 Å². The van der Waals surface area contributed by atoms with Gasteiger partial charge in [-0.3, -0.25) is 0 Å². The third-order valence-electron chi connectivity index (χ3n) is 2.69. The maximum Gasteiger partial charge on any atom is 0.0826 e. The van der Waals surface area contributed by atoms with Gasteiger partial charge in [-0.25, -0.2) is 0 Å². The monoisotopic (exact) mass is 182 g/mol. The Labute approximate surface area is 77.0 Å². The summed E-state index contributed by atoms with van der Waals surface area (Å²) in [6.45, 7) is 2.08. The second kappa shape index (κ2) is 3.19. The fourth-order valence-corrected chi connectivity index (χ4v) is 2.38. The summed E-state index contributed by atoms with van der Waals surface area (Å²) in [5.74, 6) is 0.541. The van der Waals surface area contributed by atoms with Gasteiger partial charge in [0.1, 0.15) is 0 Å². The molecule has 0 saturated heterocycles. The van der Waals surface area contributed by atoms with E-state index in [1.165, 1.54) is 24.1 Å². The first-order valence-corrected chi connectivity index (χ1v) is 5.38. The van der Waals surface area contributed by atoms with Crippen molar-refractivity contribution in [1.82, 2.24) is 0 Å². The molecule has 1 nitrogen and oxygen atoms in total. The molecule has 0 bridgehead atoms. The second-order valence-corrected chi connectivity index (χ2v) is 4.74. The highest BCUT2D eigenvalue weighted by atomic mass is 32.1. The first kappa shape index (κ1) is 8.27. The van der Waals surface area contributed by atoms with E-state index in [1.807, 2.05) is 0 Å². The highest BCUT2D eigenvalue weighted by Crippen LogP contribution is 2.38. The molecule has 2 heteroatoms. The predicted octanol–water partition coefficient (Wildman–Crippen LogP) is 2.89. The van der Waals surface area contributed by atoms with Crippen molar-refractivity contribution >= 4 is 11.3 Å². The smallest absolute Gasteiger partial charge is 0.0826 e. The lowest BCUT2D eigenvalue weighted by Crippen LogP contribution is -2.19. The minimum Gasteiger partial charge on any atom is -0.388 e. The van der Waals surface area contributed by atoms with Crippen molar-refractivity contribution < 1.29 is 5.11 Å². The lowest BCUT2D eigenvalue weighted by atomic mass is 9.79. The number of aliphatic hydroxyl groups is 1. The molecular weight excluding hydrogens is 168 g/mol. The Morgan fingerprint density at radius 2 is 2.33 bits per heavy atom. The predicted molar refractivity (Wildman–Crippen MR) is 51.4 cm³/mol. The van der Waals surface area contributed by atoms with Crippen LogP contribution in [0.3, 0.4) is 0 Å². The number of hydrogen-bond donors (Lipinski definition) is 1. The van der Waals surface area contributed by atoms with Gasteiger partial charge in [-0.1, -0.05) is 6.42 Å². The molecule has 0 radical (unpaired) electrons. The molecule has 2 rings (SSSR count). The zero-order chi connectivity index (χ0) is 8.55. The number of thiophene rings is 1. The molecule has 1 atom stereocenters. The fourth-order valence-electron chi connectivity index (χ4n) is 1.65. The van der Waals surface area contributed by atoms with Crippen LogP contribution < -0.4 is 0 Å². The highest BCUT2D eigenvalue weighted by Gasteiger charge is 2.26. The van der Waals surface area contributed by atoms with Crippen LogP contribution in [0.2, 0.25) is 0 Å². The van der Waals surface area contributed by atoms with Crippen LogP contribution in [0.25, 0.3) is 0 Å². The lowest BCUT2D eigenvalue weighted by Gasteiger charge is -2.29. The zero-order valence-electron chi connectivity index (χ0n) is 7.29. The van der Waals surface area contributed by atoms with Gasteiger partial charge >= 0.3 is 0 Å². The van der Waals surface area contributed by atoms with Crippen LogP contribution in [0.15, 0.2) is 11.4 Å². The molecule has 1 aliphatic carbocycles. The summed E-state index contributed by atoms with van der Waals surface area (Å²) in [5.41, 5.74) is 1.13. The van der Waals surface area contributed by atoms with E-state index in [-0.39, 0.29) is 6.10 Å². The molecule has 1 heterocycles. The largest absolute Gasteiger partial charge is 0.388 e. The van der Waals surface area contributed by atoms with Gasteiger partial charge in [0, 0.05) is 4.88 Å². The van der Waals surface area contributed by atoms with Crippen LogP contribution >= 0.6 is 11.3 Å². The molecule has 12 heavy (non-hydrogen) atoms. The van der Waals surface area contributed by atoms with Crippen molar-refractivity contribution in [3.05, 3.63) is 21.9 Å². The molecule has 0 amide bonds. The minimum atomic E-state index is -0.191. The molecule has 66 valence electrons. The van der Waals surface area contributed by atoms with Crippen molar-refractivity contribution in [3.63, 3.8) is 0 Å². The Hall–Kier alpha value is -0.340. The van der Waals surface area contributed by atoms with Gasteiger partial charge in [-0.2, -0.15) is 0 Å². The molecule has 1 aliphatic rings. The topological polar surface area (TPSA) is 20.2 Å². The second-order valence-electron chi connectivity index (χ2n) is 3.63. The van der Waals surface area contributed by atoms with Crippen LogP contribution in [-0.4, -0.2) is 5.11 Å². The Morgan fingerprint density at radius 3 is 2.75 bits per heavy atom. The molecular formula is C10H14OS. The van der Waals surface area contributed by atoms with E-state index in [9.17, 15) is 5.11 Å². The molecule has 1 unspecified atom stereocenters. The van der Waals surface area contributed by atoms with Gasteiger partial charge in [-0.05, 0) is 42.7 Å². The van der Waals surface area contributed by atoms with E-state index in [0.717, 1.165) is 5.56 Å². The minimum absolute atomic E-state index is 0.191. The van der Waals surface area contributed by atoms with Gasteiger partial charge in [0.15, 0.2) is 0 Å². The standard InChI is InChI=1S/C10H14OS/c1-7-5-9(6-12-7)10(11)8-3-2-4-8/h5-6,8,10-11H,2-4H2,1H3. The summed E-state index contributed by atoms with van der Waals surface area (Å²) >= 11 is 1.72. The van der Waals surface area contributed by atoms with Crippen LogP contribution in [0.1, 0.15) is 35.8 Å². The summed E-state index contributed by atoms with van der Waals surface area (Å²) in [7, 11) is 0. The SMILES string of the molecule is Cc1cc(C(O)C2CCC2)cs1.